The van der Waals surface area contributed by atoms with Crippen LogP contribution in [0.3, 0.4) is 0 Å². The first kappa shape index (κ1) is 12.8. The van der Waals surface area contributed by atoms with E-state index in [4.69, 9.17) is 4.98 Å². The number of para-hydroxylation sites is 2. The van der Waals surface area contributed by atoms with Crippen molar-refractivity contribution in [3.05, 3.63) is 60.4 Å². The van der Waals surface area contributed by atoms with Gasteiger partial charge in [-0.15, -0.1) is 10.2 Å². The molecule has 0 aliphatic carbocycles. The lowest BCUT2D eigenvalue weighted by Crippen LogP contribution is -2.03. The maximum absolute atomic E-state index is 4.72. The molecule has 4 aromatic rings. The minimum Gasteiger partial charge on any atom is -0.325 e. The van der Waals surface area contributed by atoms with Crippen molar-refractivity contribution in [2.75, 3.05) is 5.32 Å². The monoisotopic (exact) mass is 289 g/mol. The molecule has 0 amide bonds. The highest BCUT2D eigenvalue weighted by molar-refractivity contribution is 5.92. The Kier molecular flexibility index (Phi) is 2.96. The Hall–Kier alpha value is -2.95. The molecule has 2 aromatic carbocycles. The van der Waals surface area contributed by atoms with Crippen molar-refractivity contribution < 1.29 is 0 Å². The van der Waals surface area contributed by atoms with E-state index < -0.39 is 0 Å². The van der Waals surface area contributed by atoms with Crippen LogP contribution in [0.1, 0.15) is 12.5 Å². The quantitative estimate of drug-likeness (QED) is 0.626. The molecule has 0 radical (unpaired) electrons. The Morgan fingerprint density at radius 2 is 1.86 bits per heavy atom. The average molecular weight is 289 g/mol. The minimum absolute atomic E-state index is 0.722. The fourth-order valence-electron chi connectivity index (χ4n) is 2.66. The summed E-state index contributed by atoms with van der Waals surface area (Å²) in [6.07, 6.45) is 2.65. The molecule has 22 heavy (non-hydrogen) atoms. The van der Waals surface area contributed by atoms with Crippen LogP contribution in [0.4, 0.5) is 11.6 Å². The van der Waals surface area contributed by atoms with Crippen molar-refractivity contribution >= 4 is 28.2 Å². The Labute approximate surface area is 127 Å². The fraction of sp³-hybridized carbons (Fsp3) is 0.118. The van der Waals surface area contributed by atoms with Gasteiger partial charge in [-0.05, 0) is 30.2 Å². The van der Waals surface area contributed by atoms with E-state index in [0.717, 1.165) is 34.6 Å². The first-order chi connectivity index (χ1) is 10.9. The lowest BCUT2D eigenvalue weighted by atomic mass is 10.1. The summed E-state index contributed by atoms with van der Waals surface area (Å²) in [5.41, 5.74) is 4.02. The predicted molar refractivity (Wildman–Crippen MR) is 87.4 cm³/mol. The van der Waals surface area contributed by atoms with E-state index in [2.05, 4.69) is 34.6 Å². The largest absolute Gasteiger partial charge is 0.325 e. The normalized spacial score (nSPS) is 11.1. The van der Waals surface area contributed by atoms with Crippen molar-refractivity contribution in [1.82, 2.24) is 19.6 Å². The number of fused-ring (bicyclic) bond motifs is 3. The molecule has 108 valence electrons. The van der Waals surface area contributed by atoms with Crippen LogP contribution in [0, 0.1) is 0 Å². The van der Waals surface area contributed by atoms with Gasteiger partial charge in [0.2, 0.25) is 5.95 Å². The Morgan fingerprint density at radius 3 is 2.77 bits per heavy atom. The summed E-state index contributed by atoms with van der Waals surface area (Å²) < 4.78 is 1.88. The third-order valence-corrected chi connectivity index (χ3v) is 3.79. The molecule has 0 saturated heterocycles. The number of nitrogens with zero attached hydrogens (tertiary/aromatic N) is 4. The topological polar surface area (TPSA) is 55.1 Å². The predicted octanol–water partition coefficient (Wildman–Crippen LogP) is 3.58. The maximum Gasteiger partial charge on any atom is 0.215 e. The Balaban J connectivity index is 1.92. The molecule has 0 saturated carbocycles. The summed E-state index contributed by atoms with van der Waals surface area (Å²) >= 11 is 0. The van der Waals surface area contributed by atoms with Gasteiger partial charge in [-0.2, -0.15) is 0 Å². The van der Waals surface area contributed by atoms with E-state index >= 15 is 0 Å². The standard InChI is InChI=1S/C17H15N5/c1-2-12-7-3-5-9-14(12)19-17-20-15-10-6-4-8-13(15)16-21-18-11-22(16)17/h3-11H,2H2,1H3,(H,19,20). The zero-order valence-electron chi connectivity index (χ0n) is 12.2. The van der Waals surface area contributed by atoms with Crippen molar-refractivity contribution in [3.63, 3.8) is 0 Å². The highest BCUT2D eigenvalue weighted by Crippen LogP contribution is 2.24. The van der Waals surface area contributed by atoms with Gasteiger partial charge in [0.05, 0.1) is 5.52 Å². The lowest BCUT2D eigenvalue weighted by molar-refractivity contribution is 1.08. The van der Waals surface area contributed by atoms with Gasteiger partial charge in [0.15, 0.2) is 5.65 Å². The fourth-order valence-corrected chi connectivity index (χ4v) is 2.66. The van der Waals surface area contributed by atoms with Gasteiger partial charge >= 0.3 is 0 Å². The molecule has 0 atom stereocenters. The van der Waals surface area contributed by atoms with Crippen LogP contribution in [-0.4, -0.2) is 19.6 Å². The van der Waals surface area contributed by atoms with E-state index in [1.54, 1.807) is 6.33 Å². The van der Waals surface area contributed by atoms with Crippen LogP contribution in [0.15, 0.2) is 54.9 Å². The van der Waals surface area contributed by atoms with Gasteiger partial charge < -0.3 is 5.32 Å². The summed E-state index contributed by atoms with van der Waals surface area (Å²) in [7, 11) is 0. The molecule has 0 unspecified atom stereocenters. The van der Waals surface area contributed by atoms with Crippen LogP contribution in [0.25, 0.3) is 16.6 Å². The van der Waals surface area contributed by atoms with Crippen molar-refractivity contribution in [1.29, 1.82) is 0 Å². The maximum atomic E-state index is 4.72. The molecular formula is C17H15N5. The number of aromatic nitrogens is 4. The molecule has 0 spiro atoms. The van der Waals surface area contributed by atoms with Crippen LogP contribution >= 0.6 is 0 Å². The second kappa shape index (κ2) is 5.11. The summed E-state index contributed by atoms with van der Waals surface area (Å²) in [5, 5.41) is 12.7. The van der Waals surface area contributed by atoms with Gasteiger partial charge in [-0.1, -0.05) is 37.3 Å². The minimum atomic E-state index is 0.722. The molecule has 0 bridgehead atoms. The lowest BCUT2D eigenvalue weighted by Gasteiger charge is -2.12. The second-order valence-corrected chi connectivity index (χ2v) is 5.11. The van der Waals surface area contributed by atoms with Crippen LogP contribution in [-0.2, 0) is 6.42 Å². The van der Waals surface area contributed by atoms with E-state index in [-0.39, 0.29) is 0 Å². The highest BCUT2D eigenvalue weighted by Gasteiger charge is 2.10. The van der Waals surface area contributed by atoms with Crippen molar-refractivity contribution in [2.45, 2.75) is 13.3 Å². The number of rotatable bonds is 3. The molecule has 1 N–H and O–H groups in total. The van der Waals surface area contributed by atoms with Crippen molar-refractivity contribution in [3.8, 4) is 0 Å². The third-order valence-electron chi connectivity index (χ3n) is 3.79. The van der Waals surface area contributed by atoms with Gasteiger partial charge in [0.25, 0.3) is 0 Å². The molecule has 2 aromatic heterocycles. The van der Waals surface area contributed by atoms with Crippen LogP contribution < -0.4 is 5.32 Å². The average Bonchev–Trinajstić information content (AvgIpc) is 3.06. The highest BCUT2D eigenvalue weighted by atomic mass is 15.3. The smallest absolute Gasteiger partial charge is 0.215 e. The van der Waals surface area contributed by atoms with Gasteiger partial charge in [-0.3, -0.25) is 4.40 Å². The molecule has 0 aliphatic heterocycles. The Morgan fingerprint density at radius 1 is 1.05 bits per heavy atom. The molecule has 0 aliphatic rings. The molecule has 5 nitrogen and oxygen atoms in total. The number of anilines is 2. The first-order valence-electron chi connectivity index (χ1n) is 7.30. The molecular weight excluding hydrogens is 274 g/mol. The second-order valence-electron chi connectivity index (χ2n) is 5.11. The van der Waals surface area contributed by atoms with E-state index in [1.165, 1.54) is 5.56 Å². The number of hydrogen-bond acceptors (Lipinski definition) is 4. The summed E-state index contributed by atoms with van der Waals surface area (Å²) in [6.45, 7) is 2.14. The number of nitrogens with one attached hydrogen (secondary N) is 1. The van der Waals surface area contributed by atoms with Crippen molar-refractivity contribution in [2.24, 2.45) is 0 Å². The van der Waals surface area contributed by atoms with Gasteiger partial charge in [0.1, 0.15) is 6.33 Å². The van der Waals surface area contributed by atoms with E-state index in [0.29, 0.717) is 0 Å². The van der Waals surface area contributed by atoms with Crippen LogP contribution in [0.5, 0.6) is 0 Å². The van der Waals surface area contributed by atoms with E-state index in [9.17, 15) is 0 Å². The zero-order chi connectivity index (χ0) is 14.9. The summed E-state index contributed by atoms with van der Waals surface area (Å²) in [6, 6.07) is 16.2. The third kappa shape index (κ3) is 1.98. The number of benzene rings is 2. The van der Waals surface area contributed by atoms with E-state index in [1.807, 2.05) is 40.8 Å². The summed E-state index contributed by atoms with van der Waals surface area (Å²) in [4.78, 5) is 4.72. The molecule has 2 heterocycles. The number of hydrogen-bond donors (Lipinski definition) is 1. The molecule has 4 rings (SSSR count). The number of aryl methyl sites for hydroxylation is 1. The molecule has 5 heteroatoms. The van der Waals surface area contributed by atoms with Crippen LogP contribution in [0.2, 0.25) is 0 Å². The van der Waals surface area contributed by atoms with Gasteiger partial charge in [-0.25, -0.2) is 4.98 Å². The van der Waals surface area contributed by atoms with Gasteiger partial charge in [0, 0.05) is 11.1 Å². The Bertz CT molecular complexity index is 958. The SMILES string of the molecule is CCc1ccccc1Nc1nc2ccccc2c2nncn12. The molecule has 0 fully saturated rings. The zero-order valence-corrected chi connectivity index (χ0v) is 12.2. The first-order valence-corrected chi connectivity index (χ1v) is 7.30. The summed E-state index contributed by atoms with van der Waals surface area (Å²) in [5.74, 6) is 0.722.